The maximum Gasteiger partial charge on any atom is 0.248 e. The summed E-state index contributed by atoms with van der Waals surface area (Å²) in [6, 6.07) is 4.52. The summed E-state index contributed by atoms with van der Waals surface area (Å²) in [6.45, 7) is 7.44. The van der Waals surface area contributed by atoms with Gasteiger partial charge in [0, 0.05) is 39.0 Å². The number of phenols is 1. The van der Waals surface area contributed by atoms with Crippen LogP contribution in [0, 0.1) is 11.8 Å². The van der Waals surface area contributed by atoms with E-state index in [-0.39, 0.29) is 75.9 Å². The minimum absolute atomic E-state index is 0.0152. The van der Waals surface area contributed by atoms with Gasteiger partial charge in [-0.1, -0.05) is 76.6 Å². The van der Waals surface area contributed by atoms with E-state index in [4.69, 9.17) is 0 Å². The van der Waals surface area contributed by atoms with Gasteiger partial charge in [-0.2, -0.15) is 0 Å². The van der Waals surface area contributed by atoms with Gasteiger partial charge in [-0.25, -0.2) is 0 Å². The van der Waals surface area contributed by atoms with Crippen molar-refractivity contribution in [3.05, 3.63) is 65.7 Å². The molecule has 20 heteroatoms. The van der Waals surface area contributed by atoms with Crippen LogP contribution < -0.4 is 26.6 Å². The SMILES string of the molecule is CC[C@@H](C)[C@@H]1NC(=O)[C@@H]2CCCN2C(=O)[C@H](CC(C)C)NC(=O)[C@@H]2CCCN2C(=O)[C@H](CO)NC(=O)[C@H](Cc2ccc(O)cc2)NC(=O)[C@H](Cc2ccccc2)NC(=O)[C@@H]2CCCN2C(=O)[C@@H]2CCCN2C1=O. The molecule has 10 atom stereocenters. The van der Waals surface area contributed by atoms with E-state index in [1.807, 2.05) is 27.7 Å². The second-order valence-corrected chi connectivity index (χ2v) is 20.7. The van der Waals surface area contributed by atoms with Gasteiger partial charge in [0.05, 0.1) is 6.61 Å². The Morgan fingerprint density at radius 3 is 1.40 bits per heavy atom. The predicted molar refractivity (Wildman–Crippen MR) is 267 cm³/mol. The highest BCUT2D eigenvalue weighted by atomic mass is 16.3. The Morgan fingerprint density at radius 1 is 0.493 bits per heavy atom. The third kappa shape index (κ3) is 12.8. The highest BCUT2D eigenvalue weighted by Crippen LogP contribution is 2.29. The Morgan fingerprint density at radius 2 is 0.904 bits per heavy atom. The number of nitrogens with one attached hydrogen (secondary N) is 5. The molecule has 5 aliphatic rings. The number of aliphatic hydroxyl groups is 1. The van der Waals surface area contributed by atoms with Gasteiger partial charge >= 0.3 is 0 Å². The summed E-state index contributed by atoms with van der Waals surface area (Å²) >= 11 is 0. The van der Waals surface area contributed by atoms with Crippen molar-refractivity contribution in [2.45, 2.75) is 159 Å². The number of hydrogen-bond donors (Lipinski definition) is 7. The van der Waals surface area contributed by atoms with E-state index in [1.54, 1.807) is 42.5 Å². The fourth-order valence-corrected chi connectivity index (χ4v) is 11.0. The van der Waals surface area contributed by atoms with Crippen molar-refractivity contribution in [1.82, 2.24) is 46.2 Å². The molecule has 20 nitrogen and oxygen atoms in total. The summed E-state index contributed by atoms with van der Waals surface area (Å²) in [6.07, 6.45) is 3.58. The molecule has 7 N–H and O–H groups in total. The average Bonchev–Trinajstić information content (AvgIpc) is 4.24. The van der Waals surface area contributed by atoms with E-state index in [0.717, 1.165) is 0 Å². The molecule has 0 unspecified atom stereocenters. The number of carbonyl (C=O) groups is 9. The van der Waals surface area contributed by atoms with Crippen molar-refractivity contribution in [3.63, 3.8) is 0 Å². The molecular formula is C53H73N9O11. The number of carbonyl (C=O) groups excluding carboxylic acids is 9. The summed E-state index contributed by atoms with van der Waals surface area (Å²) in [4.78, 5) is 136. The smallest absolute Gasteiger partial charge is 0.248 e. The Hall–Kier alpha value is -6.57. The van der Waals surface area contributed by atoms with Crippen molar-refractivity contribution >= 4 is 53.2 Å². The first-order valence-corrected chi connectivity index (χ1v) is 26.2. The van der Waals surface area contributed by atoms with Crippen molar-refractivity contribution in [1.29, 1.82) is 0 Å². The lowest BCUT2D eigenvalue weighted by molar-refractivity contribution is -0.149. The van der Waals surface area contributed by atoms with Crippen LogP contribution in [0.2, 0.25) is 0 Å². The van der Waals surface area contributed by atoms with E-state index in [9.17, 15) is 53.4 Å². The summed E-state index contributed by atoms with van der Waals surface area (Å²) in [7, 11) is 0. The molecule has 5 fully saturated rings. The molecule has 2 aromatic carbocycles. The Bertz CT molecular complexity index is 2350. The summed E-state index contributed by atoms with van der Waals surface area (Å²) in [5.41, 5.74) is 1.19. The molecule has 2 aromatic rings. The standard InChI is InChI=1S/C53H73N9O11/c1-5-32(4)44-53(73)62-26-12-18-43(62)52(72)61-25-11-16-41(61)47(67)55-37(28-33-13-7-6-8-14-33)45(65)54-36(29-34-19-21-35(64)22-20-34)46(66)57-39(30-63)51(71)60-24-9-15-40(60)48(68)56-38(27-31(2)3)50(70)59-23-10-17-42(59)49(69)58-44/h6-8,13-14,19-22,31-32,36-44,63-64H,5,9-12,15-18,23-30H2,1-4H3,(H,54,65)(H,55,67)(H,56,68)(H,57,66)(H,58,69)/t32-,36+,37+,38+,39+,40+,41+,42+,43+,44+/m1/s1. The molecule has 0 aromatic heterocycles. The molecule has 0 aliphatic carbocycles. The lowest BCUT2D eigenvalue weighted by atomic mass is 9.96. The monoisotopic (exact) mass is 1010 g/mol. The highest BCUT2D eigenvalue weighted by molar-refractivity contribution is 6.00. The normalized spacial score (nSPS) is 28.9. The second-order valence-electron chi connectivity index (χ2n) is 20.7. The van der Waals surface area contributed by atoms with Crippen molar-refractivity contribution < 1.29 is 53.4 Å². The lowest BCUT2D eigenvalue weighted by Crippen LogP contribution is -2.61. The summed E-state index contributed by atoms with van der Waals surface area (Å²) < 4.78 is 0. The number of amides is 9. The van der Waals surface area contributed by atoms with Gasteiger partial charge in [-0.05, 0) is 92.9 Å². The summed E-state index contributed by atoms with van der Waals surface area (Å²) in [5.74, 6) is -5.98. The zero-order valence-electron chi connectivity index (χ0n) is 42.4. The topological polar surface area (TPSA) is 267 Å². The fourth-order valence-electron chi connectivity index (χ4n) is 11.0. The number of aromatic hydroxyl groups is 1. The number of aliphatic hydroxyl groups excluding tert-OH is 1. The zero-order valence-corrected chi connectivity index (χ0v) is 42.4. The molecule has 0 spiro atoms. The number of phenolic OH excluding ortho intramolecular Hbond substituents is 1. The molecule has 73 heavy (non-hydrogen) atoms. The third-order valence-electron chi connectivity index (χ3n) is 15.2. The van der Waals surface area contributed by atoms with Crippen molar-refractivity contribution in [3.8, 4) is 5.75 Å². The van der Waals surface area contributed by atoms with E-state index in [0.29, 0.717) is 56.1 Å². The Balaban J connectivity index is 1.25. The first-order valence-electron chi connectivity index (χ1n) is 26.2. The molecular weight excluding hydrogens is 939 g/mol. The average molecular weight is 1010 g/mol. The zero-order chi connectivity index (χ0) is 52.5. The molecule has 5 heterocycles. The molecule has 5 aliphatic heterocycles. The third-order valence-corrected chi connectivity index (χ3v) is 15.2. The van der Waals surface area contributed by atoms with Crippen LogP contribution in [0.25, 0.3) is 0 Å². The first-order chi connectivity index (χ1) is 35.0. The quantitative estimate of drug-likeness (QED) is 0.184. The molecule has 5 saturated heterocycles. The van der Waals surface area contributed by atoms with Crippen LogP contribution in [0.15, 0.2) is 54.6 Å². The first kappa shape index (κ1) is 54.2. The van der Waals surface area contributed by atoms with Gasteiger partial charge in [-0.3, -0.25) is 43.2 Å². The minimum atomic E-state index is -1.56. The highest BCUT2D eigenvalue weighted by Gasteiger charge is 2.47. The number of rotatable bonds is 9. The summed E-state index contributed by atoms with van der Waals surface area (Å²) in [5, 5.41) is 34.8. The van der Waals surface area contributed by atoms with Crippen LogP contribution in [0.5, 0.6) is 5.75 Å². The maximum atomic E-state index is 14.7. The van der Waals surface area contributed by atoms with Crippen LogP contribution in [0.4, 0.5) is 0 Å². The number of hydrogen-bond acceptors (Lipinski definition) is 11. The van der Waals surface area contributed by atoms with Crippen molar-refractivity contribution in [2.24, 2.45) is 11.8 Å². The van der Waals surface area contributed by atoms with Gasteiger partial charge in [0.25, 0.3) is 0 Å². The predicted octanol–water partition coefficient (Wildman–Crippen LogP) is 0.664. The van der Waals surface area contributed by atoms with E-state index >= 15 is 0 Å². The van der Waals surface area contributed by atoms with E-state index in [2.05, 4.69) is 26.6 Å². The van der Waals surface area contributed by atoms with Crippen LogP contribution in [0.1, 0.15) is 103 Å². The largest absolute Gasteiger partial charge is 0.508 e. The Labute approximate surface area is 426 Å². The van der Waals surface area contributed by atoms with Gasteiger partial charge < -0.3 is 56.4 Å². The van der Waals surface area contributed by atoms with Gasteiger partial charge in [0.1, 0.15) is 60.1 Å². The second kappa shape index (κ2) is 24.4. The van der Waals surface area contributed by atoms with Gasteiger partial charge in [0.2, 0.25) is 53.2 Å². The number of nitrogens with zero attached hydrogens (tertiary/aromatic N) is 4. The Kier molecular flexibility index (Phi) is 18.1. The molecule has 9 amide bonds. The van der Waals surface area contributed by atoms with Gasteiger partial charge in [0.15, 0.2) is 0 Å². The van der Waals surface area contributed by atoms with Crippen LogP contribution >= 0.6 is 0 Å². The maximum absolute atomic E-state index is 14.7. The fraction of sp³-hybridized carbons (Fsp3) is 0.604. The van der Waals surface area contributed by atoms with Crippen molar-refractivity contribution in [2.75, 3.05) is 32.8 Å². The number of benzene rings is 2. The lowest BCUT2D eigenvalue weighted by Gasteiger charge is -2.35. The van der Waals surface area contributed by atoms with E-state index < -0.39 is 114 Å². The van der Waals surface area contributed by atoms with Crippen LogP contribution in [-0.2, 0) is 56.0 Å². The van der Waals surface area contributed by atoms with Crippen LogP contribution in [-0.4, -0.2) is 170 Å². The van der Waals surface area contributed by atoms with E-state index in [1.165, 1.54) is 31.7 Å². The number of fused-ring (bicyclic) bond motifs is 4. The molecule has 396 valence electrons. The molecule has 0 radical (unpaired) electrons. The molecule has 0 bridgehead atoms. The molecule has 7 rings (SSSR count). The van der Waals surface area contributed by atoms with Crippen LogP contribution in [0.3, 0.4) is 0 Å². The molecule has 0 saturated carbocycles. The minimum Gasteiger partial charge on any atom is -0.508 e. The van der Waals surface area contributed by atoms with Gasteiger partial charge in [-0.15, -0.1) is 0 Å².